The minimum Gasteiger partial charge on any atom is -0.473 e. The standard InChI is InChI=1S/C10H17N3O3S/c14-8(6-16-9-5-12-17-13-9)4-11-7-10(15)2-1-3-10/h5,8,11,14-15H,1-4,6-7H2. The van der Waals surface area contributed by atoms with Crippen LogP contribution in [0.4, 0.5) is 0 Å². The van der Waals surface area contributed by atoms with Crippen molar-refractivity contribution in [2.45, 2.75) is 31.0 Å². The largest absolute Gasteiger partial charge is 0.473 e. The molecule has 3 N–H and O–H groups in total. The number of aliphatic hydroxyl groups is 2. The van der Waals surface area contributed by atoms with Crippen LogP contribution in [0.5, 0.6) is 5.88 Å². The van der Waals surface area contributed by atoms with Crippen LogP contribution >= 0.6 is 11.7 Å². The molecule has 1 atom stereocenters. The van der Waals surface area contributed by atoms with E-state index in [9.17, 15) is 10.2 Å². The molecule has 0 radical (unpaired) electrons. The van der Waals surface area contributed by atoms with Crippen molar-refractivity contribution in [2.24, 2.45) is 0 Å². The average Bonchev–Trinajstić information content (AvgIpc) is 2.77. The second-order valence-electron chi connectivity index (χ2n) is 4.42. The number of nitrogens with zero attached hydrogens (tertiary/aromatic N) is 2. The van der Waals surface area contributed by atoms with Gasteiger partial charge in [-0.2, -0.15) is 4.37 Å². The summed E-state index contributed by atoms with van der Waals surface area (Å²) >= 11 is 1.07. The van der Waals surface area contributed by atoms with Crippen LogP contribution in [0, 0.1) is 0 Å². The lowest BCUT2D eigenvalue weighted by atomic mass is 9.80. The molecule has 0 aromatic carbocycles. The maximum absolute atomic E-state index is 9.81. The summed E-state index contributed by atoms with van der Waals surface area (Å²) in [7, 11) is 0. The summed E-state index contributed by atoms with van der Waals surface area (Å²) in [5.41, 5.74) is -0.556. The molecule has 17 heavy (non-hydrogen) atoms. The minimum atomic E-state index is -0.611. The number of hydrogen-bond acceptors (Lipinski definition) is 7. The van der Waals surface area contributed by atoms with Gasteiger partial charge in [-0.1, -0.05) is 0 Å². The van der Waals surface area contributed by atoms with Gasteiger partial charge in [0.1, 0.15) is 18.9 Å². The first-order valence-electron chi connectivity index (χ1n) is 5.69. The van der Waals surface area contributed by atoms with Crippen molar-refractivity contribution in [1.29, 1.82) is 0 Å². The van der Waals surface area contributed by atoms with Crippen LogP contribution in [-0.4, -0.2) is 50.4 Å². The lowest BCUT2D eigenvalue weighted by molar-refractivity contribution is -0.0334. The predicted octanol–water partition coefficient (Wildman–Crippen LogP) is -0.218. The normalized spacial score (nSPS) is 19.6. The fourth-order valence-electron chi connectivity index (χ4n) is 1.69. The smallest absolute Gasteiger partial charge is 0.245 e. The summed E-state index contributed by atoms with van der Waals surface area (Å²) in [4.78, 5) is 0. The van der Waals surface area contributed by atoms with Gasteiger partial charge in [0.25, 0.3) is 0 Å². The van der Waals surface area contributed by atoms with Crippen molar-refractivity contribution in [3.63, 3.8) is 0 Å². The molecule has 1 fully saturated rings. The summed E-state index contributed by atoms with van der Waals surface area (Å²) in [6, 6.07) is 0. The maximum atomic E-state index is 9.81. The molecule has 1 saturated carbocycles. The Morgan fingerprint density at radius 2 is 2.41 bits per heavy atom. The summed E-state index contributed by atoms with van der Waals surface area (Å²) in [5.74, 6) is 0.437. The molecule has 1 aromatic heterocycles. The van der Waals surface area contributed by atoms with Crippen LogP contribution in [0.2, 0.25) is 0 Å². The van der Waals surface area contributed by atoms with Gasteiger partial charge in [-0.25, -0.2) is 0 Å². The Hall–Kier alpha value is -0.760. The Labute approximate surface area is 104 Å². The van der Waals surface area contributed by atoms with E-state index in [0.717, 1.165) is 31.0 Å². The molecule has 96 valence electrons. The molecule has 1 aliphatic rings. The van der Waals surface area contributed by atoms with Crippen LogP contribution in [0.15, 0.2) is 6.20 Å². The Morgan fingerprint density at radius 1 is 1.59 bits per heavy atom. The second-order valence-corrected chi connectivity index (χ2v) is 4.98. The lowest BCUT2D eigenvalue weighted by Gasteiger charge is -2.36. The van der Waals surface area contributed by atoms with E-state index in [0.29, 0.717) is 19.0 Å². The highest BCUT2D eigenvalue weighted by molar-refractivity contribution is 6.99. The van der Waals surface area contributed by atoms with E-state index in [-0.39, 0.29) is 6.61 Å². The van der Waals surface area contributed by atoms with Gasteiger partial charge in [0.05, 0.1) is 17.3 Å². The van der Waals surface area contributed by atoms with Crippen molar-refractivity contribution in [3.05, 3.63) is 6.20 Å². The van der Waals surface area contributed by atoms with E-state index in [1.165, 1.54) is 6.20 Å². The third-order valence-corrected chi connectivity index (χ3v) is 3.34. The number of aromatic nitrogens is 2. The van der Waals surface area contributed by atoms with Gasteiger partial charge in [0.15, 0.2) is 0 Å². The molecule has 0 saturated heterocycles. The third-order valence-electron chi connectivity index (χ3n) is 2.88. The topological polar surface area (TPSA) is 87.5 Å². The van der Waals surface area contributed by atoms with Gasteiger partial charge in [-0.3, -0.25) is 0 Å². The highest BCUT2D eigenvalue weighted by Crippen LogP contribution is 2.30. The van der Waals surface area contributed by atoms with Crippen LogP contribution in [0.1, 0.15) is 19.3 Å². The summed E-state index contributed by atoms with van der Waals surface area (Å²) in [6.45, 7) is 1.11. The second kappa shape index (κ2) is 5.72. The van der Waals surface area contributed by atoms with Gasteiger partial charge < -0.3 is 20.3 Å². The van der Waals surface area contributed by atoms with Gasteiger partial charge >= 0.3 is 0 Å². The Kier molecular flexibility index (Phi) is 4.27. The Bertz CT molecular complexity index is 330. The van der Waals surface area contributed by atoms with Crippen molar-refractivity contribution in [1.82, 2.24) is 14.1 Å². The Morgan fingerprint density at radius 3 is 3.00 bits per heavy atom. The average molecular weight is 259 g/mol. The molecular weight excluding hydrogens is 242 g/mol. The van der Waals surface area contributed by atoms with Crippen LogP contribution in [-0.2, 0) is 0 Å². The molecule has 6 nitrogen and oxygen atoms in total. The first-order valence-corrected chi connectivity index (χ1v) is 6.42. The third kappa shape index (κ3) is 3.88. The first-order chi connectivity index (χ1) is 8.18. The van der Waals surface area contributed by atoms with Crippen molar-refractivity contribution < 1.29 is 14.9 Å². The zero-order valence-corrected chi connectivity index (χ0v) is 10.3. The van der Waals surface area contributed by atoms with Crippen molar-refractivity contribution in [2.75, 3.05) is 19.7 Å². The monoisotopic (exact) mass is 259 g/mol. The van der Waals surface area contributed by atoms with Gasteiger partial charge in [-0.05, 0) is 19.3 Å². The fourth-order valence-corrected chi connectivity index (χ4v) is 2.06. The van der Waals surface area contributed by atoms with Crippen molar-refractivity contribution >= 4 is 11.7 Å². The van der Waals surface area contributed by atoms with Gasteiger partial charge in [0, 0.05) is 13.1 Å². The van der Waals surface area contributed by atoms with E-state index in [1.54, 1.807) is 0 Å². The number of hydrogen-bond donors (Lipinski definition) is 3. The molecule has 1 aliphatic carbocycles. The molecule has 0 bridgehead atoms. The predicted molar refractivity (Wildman–Crippen MR) is 63.1 cm³/mol. The summed E-state index contributed by atoms with van der Waals surface area (Å²) in [5, 5.41) is 22.5. The van der Waals surface area contributed by atoms with Crippen LogP contribution < -0.4 is 10.1 Å². The lowest BCUT2D eigenvalue weighted by Crippen LogP contribution is -2.48. The molecule has 0 spiro atoms. The molecule has 1 aromatic rings. The molecule has 2 rings (SSSR count). The molecule has 0 aliphatic heterocycles. The van der Waals surface area contributed by atoms with E-state index < -0.39 is 11.7 Å². The first kappa shape index (κ1) is 12.7. The number of nitrogens with one attached hydrogen (secondary N) is 1. The van der Waals surface area contributed by atoms with E-state index in [1.807, 2.05) is 0 Å². The summed E-state index contributed by atoms with van der Waals surface area (Å²) < 4.78 is 12.9. The SMILES string of the molecule is OC(CNCC1(O)CCC1)COc1cnsn1. The quantitative estimate of drug-likeness (QED) is 0.627. The molecule has 1 heterocycles. The van der Waals surface area contributed by atoms with Crippen LogP contribution in [0.3, 0.4) is 0 Å². The molecule has 0 amide bonds. The minimum absolute atomic E-state index is 0.177. The Balaban J connectivity index is 1.56. The maximum Gasteiger partial charge on any atom is 0.245 e. The van der Waals surface area contributed by atoms with Crippen molar-refractivity contribution in [3.8, 4) is 5.88 Å². The highest BCUT2D eigenvalue weighted by atomic mass is 32.1. The van der Waals surface area contributed by atoms with Crippen LogP contribution in [0.25, 0.3) is 0 Å². The van der Waals surface area contributed by atoms with Gasteiger partial charge in [-0.15, -0.1) is 4.37 Å². The molecular formula is C10H17N3O3S. The molecule has 1 unspecified atom stereocenters. The summed E-state index contributed by atoms with van der Waals surface area (Å²) in [6.07, 6.45) is 3.68. The number of rotatable bonds is 7. The zero-order valence-electron chi connectivity index (χ0n) is 9.50. The van der Waals surface area contributed by atoms with E-state index in [2.05, 4.69) is 14.1 Å². The zero-order chi connectivity index (χ0) is 12.1. The number of ether oxygens (including phenoxy) is 1. The number of aliphatic hydroxyl groups excluding tert-OH is 1. The molecule has 7 heteroatoms. The van der Waals surface area contributed by atoms with E-state index in [4.69, 9.17) is 4.74 Å². The van der Waals surface area contributed by atoms with Gasteiger partial charge in [0.2, 0.25) is 5.88 Å². The van der Waals surface area contributed by atoms with E-state index >= 15 is 0 Å². The fraction of sp³-hybridized carbons (Fsp3) is 0.800. The highest BCUT2D eigenvalue weighted by Gasteiger charge is 2.33.